The van der Waals surface area contributed by atoms with Gasteiger partial charge in [-0.05, 0) is 18.6 Å². The number of aromatic nitrogens is 2. The van der Waals surface area contributed by atoms with E-state index in [1.165, 1.54) is 5.56 Å². The number of rotatable bonds is 3. The van der Waals surface area contributed by atoms with Gasteiger partial charge in [0, 0.05) is 5.56 Å². The van der Waals surface area contributed by atoms with Gasteiger partial charge in [0.25, 0.3) is 0 Å². The van der Waals surface area contributed by atoms with Gasteiger partial charge in [0.05, 0.1) is 11.9 Å². The summed E-state index contributed by atoms with van der Waals surface area (Å²) < 4.78 is 0. The first-order chi connectivity index (χ1) is 10.7. The molecule has 0 spiro atoms. The maximum Gasteiger partial charge on any atom is 0.149 e. The standard InChI is InChI=1S/C19H17N3/c1-14-7-10-16(11-8-14)18-13-21-19(20)17(22-18)12-9-15-5-3-2-4-6-15/h2-13H,1H3,(H2,20,21)/b12-9+. The van der Waals surface area contributed by atoms with E-state index in [-0.39, 0.29) is 0 Å². The summed E-state index contributed by atoms with van der Waals surface area (Å²) in [7, 11) is 0. The smallest absolute Gasteiger partial charge is 0.149 e. The van der Waals surface area contributed by atoms with Crippen molar-refractivity contribution in [3.8, 4) is 11.3 Å². The summed E-state index contributed by atoms with van der Waals surface area (Å²) in [6.07, 6.45) is 5.59. The third kappa shape index (κ3) is 3.20. The van der Waals surface area contributed by atoms with Gasteiger partial charge in [0.2, 0.25) is 0 Å². The maximum absolute atomic E-state index is 5.93. The number of hydrogen-bond donors (Lipinski definition) is 1. The van der Waals surface area contributed by atoms with Gasteiger partial charge >= 0.3 is 0 Å². The Kier molecular flexibility index (Phi) is 3.97. The third-order valence-electron chi connectivity index (χ3n) is 3.41. The average molecular weight is 287 g/mol. The third-order valence-corrected chi connectivity index (χ3v) is 3.41. The molecular formula is C19H17N3. The Bertz CT molecular complexity index is 791. The van der Waals surface area contributed by atoms with E-state index in [2.05, 4.69) is 29.0 Å². The van der Waals surface area contributed by atoms with Crippen LogP contribution in [0.1, 0.15) is 16.8 Å². The zero-order valence-electron chi connectivity index (χ0n) is 12.4. The first kappa shape index (κ1) is 14.0. The van der Waals surface area contributed by atoms with Crippen molar-refractivity contribution in [2.45, 2.75) is 6.92 Å². The molecule has 0 saturated heterocycles. The molecule has 0 unspecified atom stereocenters. The van der Waals surface area contributed by atoms with Crippen molar-refractivity contribution in [3.05, 3.63) is 77.6 Å². The van der Waals surface area contributed by atoms with Crippen molar-refractivity contribution in [1.29, 1.82) is 0 Å². The summed E-state index contributed by atoms with van der Waals surface area (Å²) in [5, 5.41) is 0. The van der Waals surface area contributed by atoms with E-state index in [9.17, 15) is 0 Å². The number of nitrogens with two attached hydrogens (primary N) is 1. The summed E-state index contributed by atoms with van der Waals surface area (Å²) in [4.78, 5) is 8.87. The van der Waals surface area contributed by atoms with Gasteiger partial charge in [0.1, 0.15) is 11.5 Å². The molecule has 1 heterocycles. The minimum Gasteiger partial charge on any atom is -0.382 e. The molecule has 2 aromatic carbocycles. The van der Waals surface area contributed by atoms with E-state index in [4.69, 9.17) is 5.73 Å². The number of hydrogen-bond acceptors (Lipinski definition) is 3. The minimum atomic E-state index is 0.433. The van der Waals surface area contributed by atoms with E-state index in [0.29, 0.717) is 11.5 Å². The molecule has 1 aromatic heterocycles. The van der Waals surface area contributed by atoms with Crippen molar-refractivity contribution in [1.82, 2.24) is 9.97 Å². The van der Waals surface area contributed by atoms with Gasteiger partial charge in [0.15, 0.2) is 0 Å². The monoisotopic (exact) mass is 287 g/mol. The predicted molar refractivity (Wildman–Crippen MR) is 92.0 cm³/mol. The van der Waals surface area contributed by atoms with E-state index in [1.54, 1.807) is 6.20 Å². The molecule has 3 aromatic rings. The van der Waals surface area contributed by atoms with Crippen LogP contribution < -0.4 is 5.73 Å². The van der Waals surface area contributed by atoms with Crippen LogP contribution in [-0.2, 0) is 0 Å². The minimum absolute atomic E-state index is 0.433. The highest BCUT2D eigenvalue weighted by atomic mass is 14.9. The van der Waals surface area contributed by atoms with Crippen LogP contribution in [0.5, 0.6) is 0 Å². The van der Waals surface area contributed by atoms with Crippen molar-refractivity contribution in [2.24, 2.45) is 0 Å². The van der Waals surface area contributed by atoms with Crippen LogP contribution in [0.4, 0.5) is 5.82 Å². The molecular weight excluding hydrogens is 270 g/mol. The van der Waals surface area contributed by atoms with Crippen molar-refractivity contribution in [2.75, 3.05) is 5.73 Å². The summed E-state index contributed by atoms with van der Waals surface area (Å²) in [6.45, 7) is 2.06. The Morgan fingerprint density at radius 2 is 1.64 bits per heavy atom. The van der Waals surface area contributed by atoms with Gasteiger partial charge < -0.3 is 5.73 Å². The lowest BCUT2D eigenvalue weighted by molar-refractivity contribution is 1.19. The Morgan fingerprint density at radius 1 is 0.909 bits per heavy atom. The zero-order valence-corrected chi connectivity index (χ0v) is 12.4. The molecule has 0 bridgehead atoms. The lowest BCUT2D eigenvalue weighted by Crippen LogP contribution is -1.98. The van der Waals surface area contributed by atoms with Gasteiger partial charge in [-0.2, -0.15) is 0 Å². The number of benzene rings is 2. The lowest BCUT2D eigenvalue weighted by Gasteiger charge is -2.04. The van der Waals surface area contributed by atoms with E-state index < -0.39 is 0 Å². The summed E-state index contributed by atoms with van der Waals surface area (Å²) in [5.41, 5.74) is 10.8. The highest BCUT2D eigenvalue weighted by Crippen LogP contribution is 2.20. The van der Waals surface area contributed by atoms with Gasteiger partial charge in [-0.25, -0.2) is 9.97 Å². The predicted octanol–water partition coefficient (Wildman–Crippen LogP) is 4.20. The molecule has 3 nitrogen and oxygen atoms in total. The summed E-state index contributed by atoms with van der Waals surface area (Å²) in [5.74, 6) is 0.433. The fraction of sp³-hybridized carbons (Fsp3) is 0.0526. The molecule has 2 N–H and O–H groups in total. The Balaban J connectivity index is 1.93. The molecule has 0 fully saturated rings. The highest BCUT2D eigenvalue weighted by Gasteiger charge is 2.04. The van der Waals surface area contributed by atoms with Crippen molar-refractivity contribution < 1.29 is 0 Å². The topological polar surface area (TPSA) is 51.8 Å². The van der Waals surface area contributed by atoms with E-state index in [1.807, 2.05) is 54.6 Å². The fourth-order valence-corrected chi connectivity index (χ4v) is 2.14. The molecule has 108 valence electrons. The van der Waals surface area contributed by atoms with Crippen LogP contribution in [0, 0.1) is 6.92 Å². The highest BCUT2D eigenvalue weighted by molar-refractivity contribution is 5.73. The number of aryl methyl sites for hydroxylation is 1. The zero-order chi connectivity index (χ0) is 15.4. The van der Waals surface area contributed by atoms with Crippen LogP contribution >= 0.6 is 0 Å². The quantitative estimate of drug-likeness (QED) is 0.785. The molecule has 0 aliphatic rings. The van der Waals surface area contributed by atoms with Crippen molar-refractivity contribution >= 4 is 18.0 Å². The maximum atomic E-state index is 5.93. The Hall–Kier alpha value is -2.94. The Morgan fingerprint density at radius 3 is 2.36 bits per heavy atom. The Labute approximate surface area is 130 Å². The van der Waals surface area contributed by atoms with Gasteiger partial charge in [-0.1, -0.05) is 66.2 Å². The molecule has 0 amide bonds. The molecule has 22 heavy (non-hydrogen) atoms. The molecule has 3 rings (SSSR count). The second-order valence-electron chi connectivity index (χ2n) is 5.14. The first-order valence-electron chi connectivity index (χ1n) is 7.15. The molecule has 0 saturated carbocycles. The van der Waals surface area contributed by atoms with Crippen LogP contribution in [0.25, 0.3) is 23.4 Å². The normalized spacial score (nSPS) is 11.0. The van der Waals surface area contributed by atoms with Crippen LogP contribution in [-0.4, -0.2) is 9.97 Å². The molecule has 0 atom stereocenters. The van der Waals surface area contributed by atoms with E-state index >= 15 is 0 Å². The first-order valence-corrected chi connectivity index (χ1v) is 7.15. The van der Waals surface area contributed by atoms with Gasteiger partial charge in [-0.15, -0.1) is 0 Å². The fourth-order valence-electron chi connectivity index (χ4n) is 2.14. The molecule has 0 aliphatic carbocycles. The largest absolute Gasteiger partial charge is 0.382 e. The second kappa shape index (κ2) is 6.22. The number of anilines is 1. The molecule has 0 aliphatic heterocycles. The SMILES string of the molecule is Cc1ccc(-c2cnc(N)c(/C=C/c3ccccc3)n2)cc1. The van der Waals surface area contributed by atoms with E-state index in [0.717, 1.165) is 16.8 Å². The summed E-state index contributed by atoms with van der Waals surface area (Å²) in [6, 6.07) is 18.3. The van der Waals surface area contributed by atoms with Crippen LogP contribution in [0.15, 0.2) is 60.8 Å². The number of nitrogen functional groups attached to an aromatic ring is 1. The molecule has 0 radical (unpaired) electrons. The molecule has 3 heteroatoms. The van der Waals surface area contributed by atoms with Crippen LogP contribution in [0.3, 0.4) is 0 Å². The number of nitrogens with zero attached hydrogens (tertiary/aromatic N) is 2. The summed E-state index contributed by atoms with van der Waals surface area (Å²) >= 11 is 0. The van der Waals surface area contributed by atoms with Crippen LogP contribution in [0.2, 0.25) is 0 Å². The van der Waals surface area contributed by atoms with Gasteiger partial charge in [-0.3, -0.25) is 0 Å². The van der Waals surface area contributed by atoms with Crippen molar-refractivity contribution in [3.63, 3.8) is 0 Å². The lowest BCUT2D eigenvalue weighted by atomic mass is 10.1. The average Bonchev–Trinajstić information content (AvgIpc) is 2.56. The second-order valence-corrected chi connectivity index (χ2v) is 5.14.